The SMILES string of the molecule is CC/C=C\C/C=C\C/C=C\C/C=C\C/C=C\C/C=C\CCCCCCCCCCC(=O)OCC(COC(=O)CC/C=C\C/C=C\C/C=C\C/C=C\CC)OC(=O)CCCCCCCCCCC/C=C\CCCCCCCCCC. The van der Waals surface area contributed by atoms with Crippen molar-refractivity contribution in [2.24, 2.45) is 0 Å². The summed E-state index contributed by atoms with van der Waals surface area (Å²) in [5, 5.41) is 0. The molecule has 0 saturated heterocycles. The zero-order valence-corrected chi connectivity index (χ0v) is 51.3. The third kappa shape index (κ3) is 64.3. The van der Waals surface area contributed by atoms with E-state index in [4.69, 9.17) is 14.2 Å². The van der Waals surface area contributed by atoms with E-state index in [0.29, 0.717) is 19.3 Å². The molecule has 0 fully saturated rings. The lowest BCUT2D eigenvalue weighted by atomic mass is 10.1. The first-order valence-electron chi connectivity index (χ1n) is 32.7. The number of ether oxygens (including phenoxy) is 3. The van der Waals surface area contributed by atoms with Crippen molar-refractivity contribution >= 4 is 17.9 Å². The van der Waals surface area contributed by atoms with Crippen LogP contribution in [0.15, 0.2) is 134 Å². The Morgan fingerprint density at radius 1 is 0.266 bits per heavy atom. The molecular weight excluding hydrogens is 973 g/mol. The van der Waals surface area contributed by atoms with E-state index >= 15 is 0 Å². The molecule has 0 heterocycles. The van der Waals surface area contributed by atoms with Gasteiger partial charge in [0.05, 0.1) is 0 Å². The van der Waals surface area contributed by atoms with Gasteiger partial charge in [0, 0.05) is 19.3 Å². The van der Waals surface area contributed by atoms with Crippen molar-refractivity contribution in [1.29, 1.82) is 0 Å². The summed E-state index contributed by atoms with van der Waals surface area (Å²) in [6.45, 7) is 6.35. The molecule has 0 radical (unpaired) electrons. The van der Waals surface area contributed by atoms with Crippen LogP contribution in [0.25, 0.3) is 0 Å². The fourth-order valence-corrected chi connectivity index (χ4v) is 8.81. The molecule has 0 bridgehead atoms. The van der Waals surface area contributed by atoms with Crippen LogP contribution in [0.1, 0.15) is 290 Å². The topological polar surface area (TPSA) is 78.9 Å². The van der Waals surface area contributed by atoms with Crippen molar-refractivity contribution in [1.82, 2.24) is 0 Å². The van der Waals surface area contributed by atoms with E-state index in [9.17, 15) is 14.4 Å². The zero-order valence-electron chi connectivity index (χ0n) is 51.3. The fraction of sp³-hybridized carbons (Fsp3) is 0.658. The molecule has 0 rings (SSSR count). The highest BCUT2D eigenvalue weighted by atomic mass is 16.6. The third-order valence-electron chi connectivity index (χ3n) is 13.6. The first kappa shape index (κ1) is 74.5. The Morgan fingerprint density at radius 3 is 0.861 bits per heavy atom. The number of esters is 3. The largest absolute Gasteiger partial charge is 0.462 e. The van der Waals surface area contributed by atoms with Crippen LogP contribution in [0.4, 0.5) is 0 Å². The van der Waals surface area contributed by atoms with Gasteiger partial charge < -0.3 is 14.2 Å². The van der Waals surface area contributed by atoms with Gasteiger partial charge in [0.2, 0.25) is 0 Å². The summed E-state index contributed by atoms with van der Waals surface area (Å²) >= 11 is 0. The summed E-state index contributed by atoms with van der Waals surface area (Å²) in [6, 6.07) is 0. The maximum Gasteiger partial charge on any atom is 0.306 e. The average molecular weight is 1090 g/mol. The van der Waals surface area contributed by atoms with Crippen LogP contribution in [-0.4, -0.2) is 37.2 Å². The summed E-state index contributed by atoms with van der Waals surface area (Å²) in [7, 11) is 0. The molecule has 0 aromatic rings. The minimum atomic E-state index is -0.817. The molecule has 6 heteroatoms. The quantitative estimate of drug-likeness (QED) is 0.0261. The summed E-state index contributed by atoms with van der Waals surface area (Å²) in [4.78, 5) is 38.3. The summed E-state index contributed by atoms with van der Waals surface area (Å²) in [5.74, 6) is -0.999. The number of carbonyl (C=O) groups is 3. The van der Waals surface area contributed by atoms with Crippen LogP contribution in [0.5, 0.6) is 0 Å². The van der Waals surface area contributed by atoms with E-state index in [1.54, 1.807) is 0 Å². The predicted molar refractivity (Wildman–Crippen MR) is 343 cm³/mol. The van der Waals surface area contributed by atoms with Gasteiger partial charge in [-0.05, 0) is 122 Å². The average Bonchev–Trinajstić information content (AvgIpc) is 3.45. The molecule has 6 nitrogen and oxygen atoms in total. The first-order valence-corrected chi connectivity index (χ1v) is 32.7. The minimum Gasteiger partial charge on any atom is -0.462 e. The number of hydrogen-bond donors (Lipinski definition) is 0. The molecule has 0 N–H and O–H groups in total. The van der Waals surface area contributed by atoms with Crippen LogP contribution in [0.2, 0.25) is 0 Å². The lowest BCUT2D eigenvalue weighted by Crippen LogP contribution is -2.30. The second-order valence-electron chi connectivity index (χ2n) is 21.3. The molecule has 1 atom stereocenters. The van der Waals surface area contributed by atoms with Gasteiger partial charge >= 0.3 is 17.9 Å². The van der Waals surface area contributed by atoms with Crippen molar-refractivity contribution in [3.63, 3.8) is 0 Å². The molecule has 0 amide bonds. The molecule has 0 saturated carbocycles. The summed E-state index contributed by atoms with van der Waals surface area (Å²) < 4.78 is 16.8. The highest BCUT2D eigenvalue weighted by Gasteiger charge is 2.19. The van der Waals surface area contributed by atoms with E-state index in [2.05, 4.69) is 148 Å². The van der Waals surface area contributed by atoms with E-state index < -0.39 is 6.10 Å². The Kier molecular flexibility index (Phi) is 62.3. The van der Waals surface area contributed by atoms with Crippen LogP contribution < -0.4 is 0 Å². The van der Waals surface area contributed by atoms with Crippen molar-refractivity contribution in [3.8, 4) is 0 Å². The number of rotatable bonds is 58. The van der Waals surface area contributed by atoms with Gasteiger partial charge in [0.1, 0.15) is 13.2 Å². The molecule has 0 aromatic heterocycles. The standard InChI is InChI=1S/C73H120O6/c1-4-7-10-13-16-19-22-25-27-29-31-33-34-35-36-37-38-40-41-43-45-48-51-54-57-60-63-66-72(75)78-69-70(68-77-71(74)65-62-59-56-53-50-47-24-21-18-15-12-9-6-3)79-73(76)67-64-61-58-55-52-49-46-44-42-39-32-30-28-26-23-20-17-14-11-8-5-2/h7,9-10,12,16,18-19,21,25,27,30-33,35-36,38,40,47,50,56,59,70H,4-6,8,11,13-15,17,20,22-24,26,28-29,34,37,39,41-46,48-49,51-55,57-58,60-69H2,1-3H3/b10-7-,12-9-,19-16-,21-18-,27-25-,32-30-,33-31-,36-35-,40-38-,50-47-,59-56-. The second kappa shape index (κ2) is 66.1. The van der Waals surface area contributed by atoms with Crippen LogP contribution in [0.3, 0.4) is 0 Å². The minimum absolute atomic E-state index is 0.108. The Bertz CT molecular complexity index is 1680. The highest BCUT2D eigenvalue weighted by Crippen LogP contribution is 2.15. The van der Waals surface area contributed by atoms with Gasteiger partial charge in [0.15, 0.2) is 6.10 Å². The first-order chi connectivity index (χ1) is 39.0. The molecule has 448 valence electrons. The number of unbranched alkanes of at least 4 members (excludes halogenated alkanes) is 25. The summed E-state index contributed by atoms with van der Waals surface area (Å²) in [5.41, 5.74) is 0. The second-order valence-corrected chi connectivity index (χ2v) is 21.3. The van der Waals surface area contributed by atoms with Crippen LogP contribution in [0, 0.1) is 0 Å². The van der Waals surface area contributed by atoms with Gasteiger partial charge in [0.25, 0.3) is 0 Å². The lowest BCUT2D eigenvalue weighted by Gasteiger charge is -2.18. The van der Waals surface area contributed by atoms with Crippen molar-refractivity contribution in [2.75, 3.05) is 13.2 Å². The van der Waals surface area contributed by atoms with E-state index in [1.807, 2.05) is 6.08 Å². The Labute approximate surface area is 487 Å². The fourth-order valence-electron chi connectivity index (χ4n) is 8.81. The normalized spacial score (nSPS) is 13.0. The Balaban J connectivity index is 4.39. The maximum absolute atomic E-state index is 12.9. The Morgan fingerprint density at radius 2 is 0.519 bits per heavy atom. The van der Waals surface area contributed by atoms with Crippen LogP contribution in [-0.2, 0) is 28.6 Å². The van der Waals surface area contributed by atoms with E-state index in [0.717, 1.165) is 109 Å². The third-order valence-corrected chi connectivity index (χ3v) is 13.6. The van der Waals surface area contributed by atoms with Gasteiger partial charge in [-0.25, -0.2) is 0 Å². The van der Waals surface area contributed by atoms with Gasteiger partial charge in [-0.1, -0.05) is 283 Å². The Hall–Kier alpha value is -4.45. The molecule has 79 heavy (non-hydrogen) atoms. The lowest BCUT2D eigenvalue weighted by molar-refractivity contribution is -0.166. The van der Waals surface area contributed by atoms with Crippen molar-refractivity contribution in [2.45, 2.75) is 297 Å². The maximum atomic E-state index is 12.9. The number of hydrogen-bond acceptors (Lipinski definition) is 6. The molecule has 0 spiro atoms. The molecule has 0 aromatic carbocycles. The molecule has 0 aliphatic carbocycles. The predicted octanol–water partition coefficient (Wildman–Crippen LogP) is 22.5. The highest BCUT2D eigenvalue weighted by molar-refractivity contribution is 5.71. The van der Waals surface area contributed by atoms with E-state index in [1.165, 1.54) is 135 Å². The zero-order chi connectivity index (χ0) is 57.1. The monoisotopic (exact) mass is 1090 g/mol. The van der Waals surface area contributed by atoms with Gasteiger partial charge in [-0.15, -0.1) is 0 Å². The summed E-state index contributed by atoms with van der Waals surface area (Å²) in [6.07, 6.45) is 93.3. The van der Waals surface area contributed by atoms with Crippen molar-refractivity contribution < 1.29 is 28.6 Å². The molecule has 0 aliphatic rings. The van der Waals surface area contributed by atoms with Gasteiger partial charge in [-0.3, -0.25) is 14.4 Å². The van der Waals surface area contributed by atoms with Crippen LogP contribution >= 0.6 is 0 Å². The number of carbonyl (C=O) groups excluding carboxylic acids is 3. The van der Waals surface area contributed by atoms with E-state index in [-0.39, 0.29) is 37.5 Å². The van der Waals surface area contributed by atoms with Gasteiger partial charge in [-0.2, -0.15) is 0 Å². The van der Waals surface area contributed by atoms with Crippen molar-refractivity contribution in [3.05, 3.63) is 134 Å². The molecule has 1 unspecified atom stereocenters. The number of allylic oxidation sites excluding steroid dienone is 22. The molecule has 0 aliphatic heterocycles. The molecular formula is C73H120O6. The smallest absolute Gasteiger partial charge is 0.306 e.